The van der Waals surface area contributed by atoms with E-state index < -0.39 is 17.2 Å². The first kappa shape index (κ1) is 12.2. The topological polar surface area (TPSA) is 101 Å². The number of anilines is 1. The lowest BCUT2D eigenvalue weighted by atomic mass is 10.1. The number of thioether (sulfide) groups is 1. The number of hydrogen-bond donors (Lipinski definition) is 3. The minimum absolute atomic E-state index is 0.152. The largest absolute Gasteiger partial charge is 0.395 e. The number of aromatic nitrogens is 2. The summed E-state index contributed by atoms with van der Waals surface area (Å²) >= 11 is 1.28. The third-order valence-corrected chi connectivity index (χ3v) is 4.18. The van der Waals surface area contributed by atoms with Gasteiger partial charge in [-0.2, -0.15) is 4.98 Å². The predicted octanol–water partition coefficient (Wildman–Crippen LogP) is -0.651. The maximum atomic E-state index is 11.6. The highest BCUT2D eigenvalue weighted by Gasteiger charge is 2.38. The number of nitrogens with zero attached hydrogens (tertiary/aromatic N) is 2. The summed E-state index contributed by atoms with van der Waals surface area (Å²) in [4.78, 5) is 15.3. The summed E-state index contributed by atoms with van der Waals surface area (Å²) in [7, 11) is 0. The zero-order chi connectivity index (χ0) is 12.6. The Kier molecular flexibility index (Phi) is 3.23. The Hall–Kier alpha value is -1.31. The molecule has 0 spiro atoms. The van der Waals surface area contributed by atoms with Gasteiger partial charge in [-0.15, -0.1) is 11.8 Å². The molecule has 1 aromatic rings. The molecule has 17 heavy (non-hydrogen) atoms. The summed E-state index contributed by atoms with van der Waals surface area (Å²) in [5.41, 5.74) is 5.40. The maximum absolute atomic E-state index is 11.6. The second-order valence-electron chi connectivity index (χ2n) is 3.77. The van der Waals surface area contributed by atoms with Gasteiger partial charge in [-0.1, -0.05) is 6.58 Å². The molecule has 0 unspecified atom stereocenters. The van der Waals surface area contributed by atoms with Crippen molar-refractivity contribution >= 4 is 17.6 Å². The standard InChI is InChI=1S/C10H13N3O3S/c1-5-8(15)6(4-14)17-9(5)13-3-2-7(11)12-10(13)16/h2-3,6,8-9,14-15H,1,4H2,(H2,11,12,16)/t6-,8+,9+/m1/s1. The molecule has 1 aromatic heterocycles. The molecule has 0 bridgehead atoms. The van der Waals surface area contributed by atoms with E-state index in [2.05, 4.69) is 11.6 Å². The molecule has 1 aliphatic heterocycles. The Labute approximate surface area is 102 Å². The summed E-state index contributed by atoms with van der Waals surface area (Å²) in [6.45, 7) is 3.59. The number of nitrogen functional groups attached to an aromatic ring is 1. The Morgan fingerprint density at radius 2 is 2.35 bits per heavy atom. The molecule has 92 valence electrons. The van der Waals surface area contributed by atoms with E-state index in [1.165, 1.54) is 28.6 Å². The van der Waals surface area contributed by atoms with E-state index in [4.69, 9.17) is 10.8 Å². The molecule has 1 saturated heterocycles. The molecule has 2 heterocycles. The normalized spacial score (nSPS) is 28.6. The average Bonchev–Trinajstić information content (AvgIpc) is 2.57. The van der Waals surface area contributed by atoms with Crippen LogP contribution in [0.3, 0.4) is 0 Å². The maximum Gasteiger partial charge on any atom is 0.350 e. The van der Waals surface area contributed by atoms with Gasteiger partial charge >= 0.3 is 5.69 Å². The lowest BCUT2D eigenvalue weighted by Crippen LogP contribution is -2.26. The SMILES string of the molecule is C=C1[C@H](O)[C@@H](CO)S[C@@H]1n1ccc(N)nc1=O. The number of aliphatic hydroxyl groups excluding tert-OH is 2. The Morgan fingerprint density at radius 1 is 1.65 bits per heavy atom. The van der Waals surface area contributed by atoms with Gasteiger partial charge in [0.15, 0.2) is 0 Å². The first-order valence-corrected chi connectivity index (χ1v) is 5.96. The monoisotopic (exact) mass is 255 g/mol. The number of aliphatic hydroxyl groups is 2. The van der Waals surface area contributed by atoms with Crippen LogP contribution < -0.4 is 11.4 Å². The Balaban J connectivity index is 2.35. The highest BCUT2D eigenvalue weighted by molar-refractivity contribution is 8.00. The zero-order valence-electron chi connectivity index (χ0n) is 8.98. The van der Waals surface area contributed by atoms with Crippen LogP contribution in [0.25, 0.3) is 0 Å². The molecule has 4 N–H and O–H groups in total. The molecule has 0 radical (unpaired) electrons. The van der Waals surface area contributed by atoms with Crippen LogP contribution in [0.5, 0.6) is 0 Å². The first-order valence-electron chi connectivity index (χ1n) is 5.02. The van der Waals surface area contributed by atoms with Crippen molar-refractivity contribution in [2.75, 3.05) is 12.3 Å². The van der Waals surface area contributed by atoms with E-state index >= 15 is 0 Å². The second kappa shape index (κ2) is 4.52. The van der Waals surface area contributed by atoms with Crippen molar-refractivity contribution in [1.29, 1.82) is 0 Å². The van der Waals surface area contributed by atoms with Crippen molar-refractivity contribution in [3.63, 3.8) is 0 Å². The van der Waals surface area contributed by atoms with E-state index in [1.807, 2.05) is 0 Å². The van der Waals surface area contributed by atoms with Gasteiger partial charge in [0.2, 0.25) is 0 Å². The molecule has 1 aliphatic rings. The van der Waals surface area contributed by atoms with Crippen LogP contribution in [-0.2, 0) is 0 Å². The molecule has 7 heteroatoms. The second-order valence-corrected chi connectivity index (χ2v) is 5.10. The van der Waals surface area contributed by atoms with Crippen LogP contribution in [0, 0.1) is 0 Å². The van der Waals surface area contributed by atoms with E-state index in [9.17, 15) is 9.90 Å². The van der Waals surface area contributed by atoms with Crippen LogP contribution in [-0.4, -0.2) is 37.7 Å². The highest BCUT2D eigenvalue weighted by Crippen LogP contribution is 2.43. The van der Waals surface area contributed by atoms with Crippen molar-refractivity contribution < 1.29 is 10.2 Å². The van der Waals surface area contributed by atoms with Crippen molar-refractivity contribution in [2.24, 2.45) is 0 Å². The average molecular weight is 255 g/mol. The lowest BCUT2D eigenvalue weighted by Gasteiger charge is -2.13. The van der Waals surface area contributed by atoms with Gasteiger partial charge in [-0.3, -0.25) is 4.57 Å². The van der Waals surface area contributed by atoms with Crippen LogP contribution in [0.15, 0.2) is 29.2 Å². The van der Waals surface area contributed by atoms with Crippen molar-refractivity contribution in [3.8, 4) is 0 Å². The van der Waals surface area contributed by atoms with Crippen molar-refractivity contribution in [3.05, 3.63) is 34.9 Å². The lowest BCUT2D eigenvalue weighted by molar-refractivity contribution is 0.172. The molecule has 0 aromatic carbocycles. The predicted molar refractivity (Wildman–Crippen MR) is 65.6 cm³/mol. The Bertz CT molecular complexity index is 502. The van der Waals surface area contributed by atoms with Gasteiger partial charge in [0.1, 0.15) is 11.2 Å². The quantitative estimate of drug-likeness (QED) is 0.607. The van der Waals surface area contributed by atoms with Gasteiger partial charge in [0.25, 0.3) is 0 Å². The molecule has 6 nitrogen and oxygen atoms in total. The van der Waals surface area contributed by atoms with Gasteiger partial charge in [0, 0.05) is 6.20 Å². The van der Waals surface area contributed by atoms with E-state index in [0.717, 1.165) is 0 Å². The number of nitrogens with two attached hydrogens (primary N) is 1. The summed E-state index contributed by atoms with van der Waals surface area (Å²) in [5.74, 6) is 0.152. The van der Waals surface area contributed by atoms with E-state index in [0.29, 0.717) is 5.57 Å². The molecule has 3 atom stereocenters. The Morgan fingerprint density at radius 3 is 2.88 bits per heavy atom. The van der Waals surface area contributed by atoms with Gasteiger partial charge in [-0.05, 0) is 11.6 Å². The minimum atomic E-state index is -0.820. The van der Waals surface area contributed by atoms with Gasteiger partial charge in [0.05, 0.1) is 18.0 Å². The fourth-order valence-corrected chi connectivity index (χ4v) is 3.05. The first-order chi connectivity index (χ1) is 8.04. The van der Waals surface area contributed by atoms with Crippen LogP contribution >= 0.6 is 11.8 Å². The number of hydrogen-bond acceptors (Lipinski definition) is 6. The molecular formula is C10H13N3O3S. The third kappa shape index (κ3) is 2.08. The van der Waals surface area contributed by atoms with E-state index in [-0.39, 0.29) is 17.7 Å². The molecule has 0 aliphatic carbocycles. The summed E-state index contributed by atoms with van der Waals surface area (Å²) < 4.78 is 1.35. The van der Waals surface area contributed by atoms with Crippen molar-refractivity contribution in [1.82, 2.24) is 9.55 Å². The van der Waals surface area contributed by atoms with E-state index in [1.54, 1.807) is 0 Å². The number of rotatable bonds is 2. The van der Waals surface area contributed by atoms with Gasteiger partial charge < -0.3 is 15.9 Å². The zero-order valence-corrected chi connectivity index (χ0v) is 9.80. The minimum Gasteiger partial charge on any atom is -0.395 e. The smallest absolute Gasteiger partial charge is 0.350 e. The molecular weight excluding hydrogens is 242 g/mol. The molecule has 0 saturated carbocycles. The third-order valence-electron chi connectivity index (χ3n) is 2.64. The van der Waals surface area contributed by atoms with Crippen LogP contribution in [0.2, 0.25) is 0 Å². The fourth-order valence-electron chi connectivity index (χ4n) is 1.70. The van der Waals surface area contributed by atoms with Gasteiger partial charge in [-0.25, -0.2) is 4.79 Å². The highest BCUT2D eigenvalue weighted by atomic mass is 32.2. The summed E-state index contributed by atoms with van der Waals surface area (Å²) in [6.07, 6.45) is 0.694. The fraction of sp³-hybridized carbons (Fsp3) is 0.400. The van der Waals surface area contributed by atoms with Crippen LogP contribution in [0.4, 0.5) is 5.82 Å². The molecule has 1 fully saturated rings. The van der Waals surface area contributed by atoms with Crippen molar-refractivity contribution in [2.45, 2.75) is 16.7 Å². The molecule has 0 amide bonds. The van der Waals surface area contributed by atoms with Crippen LogP contribution in [0.1, 0.15) is 5.37 Å². The molecule has 2 rings (SSSR count). The summed E-state index contributed by atoms with van der Waals surface area (Å²) in [6, 6.07) is 1.51. The summed E-state index contributed by atoms with van der Waals surface area (Å²) in [5, 5.41) is 18.1.